The molecule has 0 heterocycles. The molecule has 3 aromatic carbocycles. The summed E-state index contributed by atoms with van der Waals surface area (Å²) in [5.74, 6) is -0.372. The summed E-state index contributed by atoms with van der Waals surface area (Å²) in [7, 11) is 3.99. The van der Waals surface area contributed by atoms with Crippen LogP contribution in [-0.4, -0.2) is 26.3 Å². The second-order valence-electron chi connectivity index (χ2n) is 8.64. The third-order valence-corrected chi connectivity index (χ3v) is 6.90. The summed E-state index contributed by atoms with van der Waals surface area (Å²) < 4.78 is 14.1. The number of nitrogens with one attached hydrogen (secondary N) is 1. The summed E-state index contributed by atoms with van der Waals surface area (Å²) in [5, 5.41) is 3.02. The van der Waals surface area contributed by atoms with E-state index in [9.17, 15) is 9.18 Å². The number of hydrogen-bond acceptors (Lipinski definition) is 3. The average molecular weight is 473 g/mol. The Hall–Kier alpha value is -3.31. The van der Waals surface area contributed by atoms with E-state index in [0.717, 1.165) is 44.7 Å². The van der Waals surface area contributed by atoms with Crippen molar-refractivity contribution in [2.75, 3.05) is 25.3 Å². The van der Waals surface area contributed by atoms with E-state index in [1.807, 2.05) is 56.3 Å². The number of fused-ring (bicyclic) bond motifs is 1. The van der Waals surface area contributed by atoms with E-state index in [-0.39, 0.29) is 18.1 Å². The lowest BCUT2D eigenvalue weighted by atomic mass is 10.0. The van der Waals surface area contributed by atoms with Gasteiger partial charge in [-0.25, -0.2) is 4.39 Å². The van der Waals surface area contributed by atoms with Gasteiger partial charge in [-0.3, -0.25) is 4.79 Å². The quantitative estimate of drug-likeness (QED) is 0.391. The smallest absolute Gasteiger partial charge is 0.224 e. The lowest BCUT2D eigenvalue weighted by molar-refractivity contribution is -0.120. The Morgan fingerprint density at radius 2 is 1.71 bits per heavy atom. The zero-order chi connectivity index (χ0) is 24.2. The fourth-order valence-electron chi connectivity index (χ4n) is 4.18. The monoisotopic (exact) mass is 472 g/mol. The Kier molecular flexibility index (Phi) is 7.23. The van der Waals surface area contributed by atoms with Gasteiger partial charge in [0, 0.05) is 31.2 Å². The molecule has 0 saturated heterocycles. The van der Waals surface area contributed by atoms with Crippen LogP contribution in [0.15, 0.2) is 77.2 Å². The molecule has 34 heavy (non-hydrogen) atoms. The molecule has 1 aliphatic carbocycles. The van der Waals surface area contributed by atoms with Gasteiger partial charge in [-0.2, -0.15) is 0 Å². The molecule has 174 valence electrons. The summed E-state index contributed by atoms with van der Waals surface area (Å²) >= 11 is 1.70. The van der Waals surface area contributed by atoms with Gasteiger partial charge in [-0.15, -0.1) is 11.8 Å². The predicted octanol–water partition coefficient (Wildman–Crippen LogP) is 6.65. The molecule has 0 atom stereocenters. The van der Waals surface area contributed by atoms with Gasteiger partial charge in [0.25, 0.3) is 0 Å². The Balaban J connectivity index is 1.55. The minimum atomic E-state index is -0.295. The van der Waals surface area contributed by atoms with Crippen LogP contribution in [0.1, 0.15) is 35.6 Å². The average Bonchev–Trinajstić information content (AvgIpc) is 3.08. The molecule has 3 aromatic rings. The predicted molar refractivity (Wildman–Crippen MR) is 142 cm³/mol. The molecule has 3 nitrogen and oxygen atoms in total. The number of rotatable bonds is 7. The van der Waals surface area contributed by atoms with Crippen LogP contribution in [0.25, 0.3) is 17.2 Å². The highest BCUT2D eigenvalue weighted by Crippen LogP contribution is 2.43. The number of allylic oxidation sites excluding steroid dienone is 2. The zero-order valence-corrected chi connectivity index (χ0v) is 20.8. The van der Waals surface area contributed by atoms with Gasteiger partial charge in [0.2, 0.25) is 5.91 Å². The van der Waals surface area contributed by atoms with Crippen molar-refractivity contribution in [3.8, 4) is 0 Å². The van der Waals surface area contributed by atoms with Crippen molar-refractivity contribution < 1.29 is 9.18 Å². The summed E-state index contributed by atoms with van der Waals surface area (Å²) in [5.41, 5.74) is 7.93. The second kappa shape index (κ2) is 10.3. The molecule has 0 fully saturated rings. The highest BCUT2D eigenvalue weighted by Gasteiger charge is 2.25. The molecule has 4 rings (SSSR count). The summed E-state index contributed by atoms with van der Waals surface area (Å²) in [6.07, 6.45) is 4.38. The summed E-state index contributed by atoms with van der Waals surface area (Å²) in [6.45, 7) is 2.47. The summed E-state index contributed by atoms with van der Waals surface area (Å²) in [6, 6.07) is 21.3. The van der Waals surface area contributed by atoms with Gasteiger partial charge in [0.05, 0.1) is 6.42 Å². The van der Waals surface area contributed by atoms with Gasteiger partial charge in [0.1, 0.15) is 5.82 Å². The van der Waals surface area contributed by atoms with Crippen LogP contribution in [0.2, 0.25) is 0 Å². The lowest BCUT2D eigenvalue weighted by Crippen LogP contribution is -2.22. The van der Waals surface area contributed by atoms with Crippen molar-refractivity contribution in [1.82, 2.24) is 5.32 Å². The first-order valence-corrected chi connectivity index (χ1v) is 12.5. The second-order valence-corrected chi connectivity index (χ2v) is 9.52. The molecule has 0 radical (unpaired) electrons. The number of carbonyl (C=O) groups is 1. The first-order chi connectivity index (χ1) is 16.4. The number of nitrogens with zero attached hydrogens (tertiary/aromatic N) is 1. The van der Waals surface area contributed by atoms with E-state index in [1.54, 1.807) is 17.8 Å². The molecule has 0 aromatic heterocycles. The van der Waals surface area contributed by atoms with Crippen molar-refractivity contribution in [3.05, 3.63) is 100 Å². The van der Waals surface area contributed by atoms with Crippen molar-refractivity contribution in [1.29, 1.82) is 0 Å². The maximum absolute atomic E-state index is 14.1. The lowest BCUT2D eigenvalue weighted by Gasteiger charge is -2.13. The fraction of sp³-hybridized carbons (Fsp3) is 0.207. The minimum Gasteiger partial charge on any atom is -0.378 e. The zero-order valence-electron chi connectivity index (χ0n) is 20.0. The molecular weight excluding hydrogens is 443 g/mol. The molecule has 0 aliphatic heterocycles. The van der Waals surface area contributed by atoms with Crippen LogP contribution in [0, 0.1) is 5.82 Å². The van der Waals surface area contributed by atoms with Gasteiger partial charge >= 0.3 is 0 Å². The van der Waals surface area contributed by atoms with Crippen LogP contribution in [-0.2, 0) is 11.3 Å². The molecular formula is C29H29FN2OS. The van der Waals surface area contributed by atoms with E-state index < -0.39 is 0 Å². The third kappa shape index (κ3) is 5.26. The van der Waals surface area contributed by atoms with Crippen LogP contribution >= 0.6 is 11.8 Å². The van der Waals surface area contributed by atoms with E-state index >= 15 is 0 Å². The normalized spacial score (nSPS) is 13.9. The molecule has 1 amide bonds. The number of thioether (sulfide) groups is 1. The number of anilines is 1. The number of benzene rings is 3. The van der Waals surface area contributed by atoms with Gasteiger partial charge < -0.3 is 10.2 Å². The number of halogens is 1. The molecule has 1 N–H and O–H groups in total. The standard InChI is InChI=1S/C29H29FN2OS/c1-19-26(15-20-7-12-24(34-4)13-8-20)25-14-9-22(30)16-28(25)27(19)17-29(33)31-18-21-5-10-23(11-6-21)32(2)3/h5-16H,17-18H2,1-4H3,(H,31,33)/b26-15-. The topological polar surface area (TPSA) is 32.3 Å². The van der Waals surface area contributed by atoms with Crippen molar-refractivity contribution >= 4 is 40.6 Å². The molecule has 0 saturated carbocycles. The number of hydrogen-bond donors (Lipinski definition) is 1. The van der Waals surface area contributed by atoms with E-state index in [1.165, 1.54) is 11.0 Å². The van der Waals surface area contributed by atoms with Crippen molar-refractivity contribution in [2.24, 2.45) is 0 Å². The van der Waals surface area contributed by atoms with Crippen LogP contribution in [0.3, 0.4) is 0 Å². The number of carbonyl (C=O) groups excluding carboxylic acids is 1. The Bertz CT molecular complexity index is 1260. The minimum absolute atomic E-state index is 0.0770. The van der Waals surface area contributed by atoms with Gasteiger partial charge in [0.15, 0.2) is 0 Å². The van der Waals surface area contributed by atoms with Gasteiger partial charge in [-0.1, -0.05) is 30.3 Å². The largest absolute Gasteiger partial charge is 0.378 e. The van der Waals surface area contributed by atoms with E-state index in [2.05, 4.69) is 41.9 Å². The molecule has 1 aliphatic rings. The van der Waals surface area contributed by atoms with Crippen LogP contribution in [0.4, 0.5) is 10.1 Å². The molecule has 0 unspecified atom stereocenters. The molecule has 5 heteroatoms. The van der Waals surface area contributed by atoms with E-state index in [4.69, 9.17) is 0 Å². The Morgan fingerprint density at radius 3 is 2.35 bits per heavy atom. The maximum Gasteiger partial charge on any atom is 0.224 e. The number of amides is 1. The first kappa shape index (κ1) is 23.8. The molecule has 0 bridgehead atoms. The Labute approximate surface area is 205 Å². The molecule has 0 spiro atoms. The highest BCUT2D eigenvalue weighted by molar-refractivity contribution is 7.98. The van der Waals surface area contributed by atoms with Gasteiger partial charge in [-0.05, 0) is 94.6 Å². The fourth-order valence-corrected chi connectivity index (χ4v) is 4.59. The first-order valence-electron chi connectivity index (χ1n) is 11.2. The van der Waals surface area contributed by atoms with Crippen molar-refractivity contribution in [3.63, 3.8) is 0 Å². The summed E-state index contributed by atoms with van der Waals surface area (Å²) in [4.78, 5) is 16.1. The van der Waals surface area contributed by atoms with Crippen LogP contribution < -0.4 is 10.2 Å². The van der Waals surface area contributed by atoms with Crippen LogP contribution in [0.5, 0.6) is 0 Å². The SMILES string of the molecule is CSc1ccc(/C=C2/C(C)=C(CC(=O)NCc3ccc(N(C)C)cc3)c3cc(F)ccc32)cc1. The maximum atomic E-state index is 14.1. The third-order valence-electron chi connectivity index (χ3n) is 6.16. The van der Waals surface area contributed by atoms with E-state index in [0.29, 0.717) is 6.54 Å². The van der Waals surface area contributed by atoms with Crippen molar-refractivity contribution in [2.45, 2.75) is 24.8 Å². The Morgan fingerprint density at radius 1 is 1.00 bits per heavy atom. The highest BCUT2D eigenvalue weighted by atomic mass is 32.2.